The van der Waals surface area contributed by atoms with Crippen LogP contribution in [-0.2, 0) is 0 Å². The lowest BCUT2D eigenvalue weighted by Gasteiger charge is -2.06. The zero-order valence-electron chi connectivity index (χ0n) is 9.70. The second kappa shape index (κ2) is 4.98. The predicted octanol–water partition coefficient (Wildman–Crippen LogP) is 1.19. The molecular weight excluding hydrogens is 260 g/mol. The van der Waals surface area contributed by atoms with Crippen molar-refractivity contribution in [3.05, 3.63) is 35.2 Å². The van der Waals surface area contributed by atoms with E-state index in [9.17, 15) is 13.6 Å². The average Bonchev–Trinajstić information content (AvgIpc) is 2.74. The summed E-state index contributed by atoms with van der Waals surface area (Å²) in [5, 5.41) is 9.22. The highest BCUT2D eigenvalue weighted by Crippen LogP contribution is 2.20. The van der Waals surface area contributed by atoms with Crippen LogP contribution in [0.5, 0.6) is 0 Å². The number of amides is 1. The van der Waals surface area contributed by atoms with Gasteiger partial charge in [0.05, 0.1) is 0 Å². The van der Waals surface area contributed by atoms with Gasteiger partial charge in [0.15, 0.2) is 11.6 Å². The van der Waals surface area contributed by atoms with E-state index in [2.05, 4.69) is 15.5 Å². The number of nitrogens with zero attached hydrogens (tertiary/aromatic N) is 2. The van der Waals surface area contributed by atoms with E-state index in [0.717, 1.165) is 12.1 Å². The van der Waals surface area contributed by atoms with Crippen molar-refractivity contribution in [3.8, 4) is 0 Å². The van der Waals surface area contributed by atoms with Gasteiger partial charge in [0.2, 0.25) is 5.89 Å². The largest absolute Gasteiger partial charge is 0.408 e. The Bertz CT molecular complexity index is 605. The molecule has 0 aliphatic heterocycles. The molecule has 1 aromatic heterocycles. The summed E-state index contributed by atoms with van der Waals surface area (Å²) in [6.45, 7) is 1.53. The fourth-order valence-electron chi connectivity index (χ4n) is 1.36. The maximum absolute atomic E-state index is 13.4. The summed E-state index contributed by atoms with van der Waals surface area (Å²) in [7, 11) is 0. The van der Waals surface area contributed by atoms with Crippen LogP contribution in [0.3, 0.4) is 0 Å². The fourth-order valence-corrected chi connectivity index (χ4v) is 1.36. The second-order valence-electron chi connectivity index (χ2n) is 3.54. The van der Waals surface area contributed by atoms with E-state index < -0.39 is 23.2 Å². The maximum atomic E-state index is 13.4. The number of aromatic nitrogens is 2. The molecule has 0 saturated carbocycles. The highest BCUT2D eigenvalue weighted by Gasteiger charge is 2.16. The SMILES string of the molecule is Cc1nnc(NC(=O)c2cc(F)c(NN)c(F)c2)o1. The van der Waals surface area contributed by atoms with E-state index in [1.54, 1.807) is 0 Å². The number of nitrogen functional groups attached to an aromatic ring is 1. The Morgan fingerprint density at radius 2 is 1.95 bits per heavy atom. The number of carbonyl (C=O) groups is 1. The number of halogens is 2. The Kier molecular flexibility index (Phi) is 3.38. The summed E-state index contributed by atoms with van der Waals surface area (Å²) in [6.07, 6.45) is 0. The van der Waals surface area contributed by atoms with Gasteiger partial charge in [0.1, 0.15) is 5.69 Å². The number of nitrogens with two attached hydrogens (primary N) is 1. The van der Waals surface area contributed by atoms with E-state index in [-0.39, 0.29) is 17.5 Å². The average molecular weight is 269 g/mol. The van der Waals surface area contributed by atoms with Crippen LogP contribution in [0, 0.1) is 18.6 Å². The van der Waals surface area contributed by atoms with Crippen molar-refractivity contribution in [2.45, 2.75) is 6.92 Å². The molecule has 7 nitrogen and oxygen atoms in total. The standard InChI is InChI=1S/C10H9F2N5O2/c1-4-16-17-10(19-4)14-9(18)5-2-6(11)8(15-13)7(12)3-5/h2-3,15H,13H2,1H3,(H,14,17,18). The molecule has 1 heterocycles. The van der Waals surface area contributed by atoms with Crippen LogP contribution in [0.1, 0.15) is 16.2 Å². The van der Waals surface area contributed by atoms with E-state index in [1.807, 2.05) is 5.43 Å². The van der Waals surface area contributed by atoms with Gasteiger partial charge in [0, 0.05) is 12.5 Å². The van der Waals surface area contributed by atoms with E-state index in [4.69, 9.17) is 10.3 Å². The molecule has 0 unspecified atom stereocenters. The topological polar surface area (TPSA) is 106 Å². The summed E-state index contributed by atoms with van der Waals surface area (Å²) < 4.78 is 31.7. The lowest BCUT2D eigenvalue weighted by Crippen LogP contribution is -2.15. The lowest BCUT2D eigenvalue weighted by atomic mass is 10.1. The molecule has 100 valence electrons. The van der Waals surface area contributed by atoms with Gasteiger partial charge in [-0.25, -0.2) is 8.78 Å². The van der Waals surface area contributed by atoms with Crippen molar-refractivity contribution in [2.24, 2.45) is 5.84 Å². The predicted molar refractivity (Wildman–Crippen MR) is 61.2 cm³/mol. The molecule has 0 bridgehead atoms. The van der Waals surface area contributed by atoms with E-state index >= 15 is 0 Å². The molecule has 0 aliphatic rings. The minimum atomic E-state index is -0.991. The molecule has 0 spiro atoms. The number of carbonyl (C=O) groups excluding carboxylic acids is 1. The molecule has 1 aromatic carbocycles. The van der Waals surface area contributed by atoms with Gasteiger partial charge in [-0.1, -0.05) is 5.10 Å². The van der Waals surface area contributed by atoms with Crippen LogP contribution in [-0.4, -0.2) is 16.1 Å². The van der Waals surface area contributed by atoms with Gasteiger partial charge in [-0.3, -0.25) is 16.0 Å². The lowest BCUT2D eigenvalue weighted by molar-refractivity contribution is 0.102. The zero-order valence-corrected chi connectivity index (χ0v) is 9.70. The maximum Gasteiger partial charge on any atom is 0.322 e. The van der Waals surface area contributed by atoms with Crippen LogP contribution in [0.15, 0.2) is 16.5 Å². The van der Waals surface area contributed by atoms with Gasteiger partial charge < -0.3 is 9.84 Å². The number of benzene rings is 1. The summed E-state index contributed by atoms with van der Waals surface area (Å²) in [5.74, 6) is 2.42. The van der Waals surface area contributed by atoms with Crippen LogP contribution >= 0.6 is 0 Å². The summed E-state index contributed by atoms with van der Waals surface area (Å²) in [6, 6.07) is 1.50. The van der Waals surface area contributed by atoms with Crippen molar-refractivity contribution >= 4 is 17.6 Å². The summed E-state index contributed by atoms with van der Waals surface area (Å²) in [5.41, 5.74) is 1.09. The van der Waals surface area contributed by atoms with Crippen molar-refractivity contribution < 1.29 is 18.0 Å². The first kappa shape index (κ1) is 12.9. The Balaban J connectivity index is 2.24. The molecule has 0 atom stereocenters. The first-order valence-corrected chi connectivity index (χ1v) is 5.08. The Hall–Kier alpha value is -2.55. The number of hydrazine groups is 1. The summed E-state index contributed by atoms with van der Waals surface area (Å²) in [4.78, 5) is 11.7. The molecule has 9 heteroatoms. The Morgan fingerprint density at radius 3 is 2.42 bits per heavy atom. The zero-order chi connectivity index (χ0) is 14.0. The molecular formula is C10H9F2N5O2. The molecule has 2 aromatic rings. The van der Waals surface area contributed by atoms with Crippen molar-refractivity contribution in [1.82, 2.24) is 10.2 Å². The highest BCUT2D eigenvalue weighted by atomic mass is 19.1. The number of anilines is 2. The Labute approximate surface area is 105 Å². The van der Waals surface area contributed by atoms with E-state index in [0.29, 0.717) is 0 Å². The van der Waals surface area contributed by atoms with Gasteiger partial charge in [-0.2, -0.15) is 0 Å². The Morgan fingerprint density at radius 1 is 1.32 bits per heavy atom. The monoisotopic (exact) mass is 269 g/mol. The van der Waals surface area contributed by atoms with Crippen LogP contribution < -0.4 is 16.6 Å². The minimum absolute atomic E-state index is 0.163. The van der Waals surface area contributed by atoms with Gasteiger partial charge >= 0.3 is 6.01 Å². The van der Waals surface area contributed by atoms with Crippen LogP contribution in [0.2, 0.25) is 0 Å². The van der Waals surface area contributed by atoms with Gasteiger partial charge in [-0.05, 0) is 12.1 Å². The molecule has 0 saturated heterocycles. The van der Waals surface area contributed by atoms with Crippen LogP contribution in [0.25, 0.3) is 0 Å². The van der Waals surface area contributed by atoms with E-state index in [1.165, 1.54) is 6.92 Å². The number of rotatable bonds is 3. The van der Waals surface area contributed by atoms with Crippen molar-refractivity contribution in [1.29, 1.82) is 0 Å². The van der Waals surface area contributed by atoms with Gasteiger partial charge in [0.25, 0.3) is 5.91 Å². The summed E-state index contributed by atoms with van der Waals surface area (Å²) >= 11 is 0. The third-order valence-electron chi connectivity index (χ3n) is 2.20. The first-order chi connectivity index (χ1) is 9.01. The van der Waals surface area contributed by atoms with Crippen molar-refractivity contribution in [2.75, 3.05) is 10.7 Å². The molecule has 2 rings (SSSR count). The number of hydrogen-bond acceptors (Lipinski definition) is 6. The molecule has 0 radical (unpaired) electrons. The smallest absolute Gasteiger partial charge is 0.322 e. The number of nitrogens with one attached hydrogen (secondary N) is 2. The fraction of sp³-hybridized carbons (Fsp3) is 0.100. The second-order valence-corrected chi connectivity index (χ2v) is 3.54. The normalized spacial score (nSPS) is 10.3. The third kappa shape index (κ3) is 2.65. The molecule has 0 fully saturated rings. The quantitative estimate of drug-likeness (QED) is 0.571. The minimum Gasteiger partial charge on any atom is -0.408 e. The number of aryl methyl sites for hydroxylation is 1. The van der Waals surface area contributed by atoms with Crippen molar-refractivity contribution in [3.63, 3.8) is 0 Å². The molecule has 19 heavy (non-hydrogen) atoms. The highest BCUT2D eigenvalue weighted by molar-refractivity contribution is 6.03. The van der Waals surface area contributed by atoms with Crippen LogP contribution in [0.4, 0.5) is 20.5 Å². The molecule has 0 aliphatic carbocycles. The number of hydrogen-bond donors (Lipinski definition) is 3. The molecule has 4 N–H and O–H groups in total. The third-order valence-corrected chi connectivity index (χ3v) is 2.20. The first-order valence-electron chi connectivity index (χ1n) is 5.08. The molecule has 1 amide bonds. The van der Waals surface area contributed by atoms with Gasteiger partial charge in [-0.15, -0.1) is 5.10 Å².